The van der Waals surface area contributed by atoms with Gasteiger partial charge in [-0.15, -0.1) is 0 Å². The number of nitrogens with two attached hydrogens (primary N) is 2. The summed E-state index contributed by atoms with van der Waals surface area (Å²) in [5, 5.41) is 15.1. The quantitative estimate of drug-likeness (QED) is 0.209. The second kappa shape index (κ2) is 7.63. The van der Waals surface area contributed by atoms with Crippen molar-refractivity contribution in [1.29, 1.82) is 0 Å². The number of hydrazone groups is 1. The van der Waals surface area contributed by atoms with E-state index in [4.69, 9.17) is 21.4 Å². The number of nitrogens with one attached hydrogen (secondary N) is 1. The van der Waals surface area contributed by atoms with Crippen molar-refractivity contribution in [3.05, 3.63) is 54.3 Å². The molecule has 0 radical (unpaired) electrons. The van der Waals surface area contributed by atoms with Gasteiger partial charge < -0.3 is 26.7 Å². The van der Waals surface area contributed by atoms with Gasteiger partial charge in [0.1, 0.15) is 29.5 Å². The second-order valence-corrected chi connectivity index (χ2v) is 5.74. The van der Waals surface area contributed by atoms with Gasteiger partial charge in [-0.3, -0.25) is 9.79 Å². The topological polar surface area (TPSA) is 135 Å². The summed E-state index contributed by atoms with van der Waals surface area (Å²) in [7, 11) is 0. The monoisotopic (exact) mass is 343 g/mol. The van der Waals surface area contributed by atoms with E-state index in [1.165, 1.54) is 12.2 Å². The van der Waals surface area contributed by atoms with Crippen LogP contribution >= 0.6 is 0 Å². The third kappa shape index (κ3) is 4.67. The minimum atomic E-state index is -0.623. The van der Waals surface area contributed by atoms with Crippen molar-refractivity contribution in [3.8, 4) is 0 Å². The molecule has 0 aromatic heterocycles. The average Bonchev–Trinajstić information content (AvgIpc) is 2.55. The summed E-state index contributed by atoms with van der Waals surface area (Å²) in [4.78, 5) is 16.7. The van der Waals surface area contributed by atoms with E-state index in [-0.39, 0.29) is 11.5 Å². The van der Waals surface area contributed by atoms with Gasteiger partial charge in [0, 0.05) is 5.69 Å². The highest BCUT2D eigenvalue weighted by atomic mass is 16.5. The Balaban J connectivity index is 2.20. The van der Waals surface area contributed by atoms with Crippen LogP contribution in [0.4, 0.5) is 5.69 Å². The number of nitrogens with zero attached hydrogens (tertiary/aromatic N) is 2. The predicted molar refractivity (Wildman–Crippen MR) is 97.4 cm³/mol. The van der Waals surface area contributed by atoms with Gasteiger partial charge in [0.15, 0.2) is 0 Å². The molecule has 1 unspecified atom stereocenters. The van der Waals surface area contributed by atoms with Crippen LogP contribution in [-0.2, 0) is 15.1 Å². The fraction of sp³-hybridized carbons (Fsp3) is 0.235. The predicted octanol–water partition coefficient (Wildman–Crippen LogP) is 1.17. The lowest BCUT2D eigenvalue weighted by molar-refractivity contribution is -0.110. The number of aliphatic imine (C=N–C) groups is 1. The minimum absolute atomic E-state index is 0.0601. The van der Waals surface area contributed by atoms with Crippen molar-refractivity contribution >= 4 is 23.1 Å². The van der Waals surface area contributed by atoms with Gasteiger partial charge in [0.25, 0.3) is 5.91 Å². The third-order valence-electron chi connectivity index (χ3n) is 3.57. The van der Waals surface area contributed by atoms with Gasteiger partial charge in [-0.1, -0.05) is 18.7 Å². The summed E-state index contributed by atoms with van der Waals surface area (Å²) in [6.45, 7) is 5.89. The molecule has 1 aromatic carbocycles. The van der Waals surface area contributed by atoms with Crippen molar-refractivity contribution in [2.75, 3.05) is 18.5 Å². The normalized spacial score (nSPS) is 21.0. The van der Waals surface area contributed by atoms with Crippen molar-refractivity contribution in [1.82, 2.24) is 0 Å². The maximum atomic E-state index is 12.2. The molecule has 8 nitrogen and oxygen atoms in total. The number of amidine groups is 1. The first-order valence-corrected chi connectivity index (χ1v) is 7.52. The standard InChI is InChI=1S/C17H21N5O3/c1-11(23)6-7-14(22-19)16(24)20-13-5-3-4-12(8-13)17(2)10-25-9-15(18)21-17/h3-8,23H,1,9-10,19H2,2H3,(H2,18,21)(H,20,24)/b7-6-,22-14+. The fourth-order valence-corrected chi connectivity index (χ4v) is 2.36. The van der Waals surface area contributed by atoms with Crippen molar-refractivity contribution < 1.29 is 14.6 Å². The lowest BCUT2D eigenvalue weighted by Crippen LogP contribution is -2.37. The zero-order chi connectivity index (χ0) is 18.4. The summed E-state index contributed by atoms with van der Waals surface area (Å²) in [6.07, 6.45) is 2.49. The van der Waals surface area contributed by atoms with E-state index in [0.717, 1.165) is 5.56 Å². The second-order valence-electron chi connectivity index (χ2n) is 5.74. The summed E-state index contributed by atoms with van der Waals surface area (Å²) in [6, 6.07) is 7.19. The number of hydrogen-bond donors (Lipinski definition) is 4. The Morgan fingerprint density at radius 2 is 2.28 bits per heavy atom. The number of amides is 1. The first-order chi connectivity index (χ1) is 11.8. The van der Waals surface area contributed by atoms with Gasteiger partial charge >= 0.3 is 0 Å². The molecule has 0 aliphatic carbocycles. The number of benzene rings is 1. The smallest absolute Gasteiger partial charge is 0.276 e. The molecule has 0 bridgehead atoms. The zero-order valence-electron chi connectivity index (χ0n) is 13.9. The molecule has 0 spiro atoms. The van der Waals surface area contributed by atoms with Crippen LogP contribution in [0.2, 0.25) is 0 Å². The molecule has 1 atom stereocenters. The van der Waals surface area contributed by atoms with Crippen molar-refractivity contribution in [2.45, 2.75) is 12.5 Å². The van der Waals surface area contributed by atoms with Gasteiger partial charge in [-0.2, -0.15) is 5.10 Å². The molecular formula is C17H21N5O3. The maximum Gasteiger partial charge on any atom is 0.276 e. The lowest BCUT2D eigenvalue weighted by atomic mass is 9.92. The van der Waals surface area contributed by atoms with Crippen LogP contribution in [0, 0.1) is 0 Å². The van der Waals surface area contributed by atoms with Crippen LogP contribution in [0.5, 0.6) is 0 Å². The van der Waals surface area contributed by atoms with Gasteiger partial charge in [-0.05, 0) is 36.8 Å². The number of aliphatic hydroxyl groups is 1. The van der Waals surface area contributed by atoms with Crippen LogP contribution in [0.3, 0.4) is 0 Å². The van der Waals surface area contributed by atoms with Gasteiger partial charge in [-0.25, -0.2) is 0 Å². The highest BCUT2D eigenvalue weighted by Crippen LogP contribution is 2.29. The third-order valence-corrected chi connectivity index (χ3v) is 3.57. The molecule has 132 valence electrons. The first kappa shape index (κ1) is 18.2. The van der Waals surface area contributed by atoms with Crippen LogP contribution in [0.15, 0.2) is 58.8 Å². The molecular weight excluding hydrogens is 322 g/mol. The first-order valence-electron chi connectivity index (χ1n) is 7.52. The van der Waals surface area contributed by atoms with Gasteiger partial charge in [0.05, 0.1) is 6.61 Å². The highest BCUT2D eigenvalue weighted by Gasteiger charge is 2.30. The van der Waals surface area contributed by atoms with E-state index in [1.807, 2.05) is 13.0 Å². The summed E-state index contributed by atoms with van der Waals surface area (Å²) < 4.78 is 5.46. The Hall–Kier alpha value is -3.13. The number of rotatable bonds is 5. The summed E-state index contributed by atoms with van der Waals surface area (Å²) in [5.74, 6) is 4.90. The lowest BCUT2D eigenvalue weighted by Gasteiger charge is -2.30. The van der Waals surface area contributed by atoms with Crippen molar-refractivity contribution in [2.24, 2.45) is 21.7 Å². The Morgan fingerprint density at radius 3 is 2.92 bits per heavy atom. The molecule has 0 saturated carbocycles. The van der Waals surface area contributed by atoms with E-state index in [0.29, 0.717) is 24.7 Å². The largest absolute Gasteiger partial charge is 0.509 e. The number of hydrogen-bond acceptors (Lipinski definition) is 7. The van der Waals surface area contributed by atoms with Gasteiger partial charge in [0.2, 0.25) is 0 Å². The van der Waals surface area contributed by atoms with Crippen LogP contribution in [0.25, 0.3) is 0 Å². The summed E-state index contributed by atoms with van der Waals surface area (Å²) in [5.41, 5.74) is 6.48. The number of anilines is 1. The van der Waals surface area contributed by atoms with E-state index < -0.39 is 11.4 Å². The number of carbonyl (C=O) groups excluding carboxylic acids is 1. The van der Waals surface area contributed by atoms with E-state index in [1.54, 1.807) is 18.2 Å². The summed E-state index contributed by atoms with van der Waals surface area (Å²) >= 11 is 0. The Morgan fingerprint density at radius 1 is 1.52 bits per heavy atom. The molecule has 1 aliphatic heterocycles. The zero-order valence-corrected chi connectivity index (χ0v) is 13.9. The molecule has 2 rings (SSSR count). The van der Waals surface area contributed by atoms with E-state index >= 15 is 0 Å². The highest BCUT2D eigenvalue weighted by molar-refractivity contribution is 6.47. The number of carbonyl (C=O) groups is 1. The molecule has 0 fully saturated rings. The van der Waals surface area contributed by atoms with E-state index in [9.17, 15) is 4.79 Å². The Kier molecular flexibility index (Phi) is 5.56. The average molecular weight is 343 g/mol. The SMILES string of the molecule is C=C(O)/C=C\C(=N/N)C(=O)Nc1cccc(C2(C)COCC(N)=N2)c1. The molecule has 1 aromatic rings. The molecule has 6 N–H and O–H groups in total. The fourth-order valence-electron chi connectivity index (χ4n) is 2.36. The maximum absolute atomic E-state index is 12.2. The number of allylic oxidation sites excluding steroid dienone is 1. The Labute approximate surface area is 145 Å². The Bertz CT molecular complexity index is 769. The molecule has 0 saturated heterocycles. The minimum Gasteiger partial charge on any atom is -0.509 e. The number of aliphatic hydroxyl groups excluding tert-OH is 1. The van der Waals surface area contributed by atoms with Crippen LogP contribution in [0.1, 0.15) is 12.5 Å². The number of ether oxygens (including phenoxy) is 1. The molecule has 8 heteroatoms. The molecule has 25 heavy (non-hydrogen) atoms. The molecule has 1 aliphatic rings. The molecule has 1 heterocycles. The van der Waals surface area contributed by atoms with Crippen LogP contribution in [-0.4, -0.2) is 35.8 Å². The van der Waals surface area contributed by atoms with Crippen molar-refractivity contribution in [3.63, 3.8) is 0 Å². The molecule has 1 amide bonds. The van der Waals surface area contributed by atoms with Crippen LogP contribution < -0.4 is 16.9 Å². The van der Waals surface area contributed by atoms with E-state index in [2.05, 4.69) is 22.0 Å².